The van der Waals surface area contributed by atoms with Crippen molar-refractivity contribution in [3.8, 4) is 0 Å². The maximum atomic E-state index is 11.8. The number of aryl methyl sites for hydroxylation is 1. The molecule has 5 heteroatoms. The average molecular weight is 303 g/mol. The highest BCUT2D eigenvalue weighted by molar-refractivity contribution is 7.09. The molecule has 1 amide bonds. The van der Waals surface area contributed by atoms with Gasteiger partial charge in [0.15, 0.2) is 0 Å². The first-order valence-corrected chi connectivity index (χ1v) is 7.59. The first-order chi connectivity index (χ1) is 10.1. The van der Waals surface area contributed by atoms with Crippen LogP contribution in [0.5, 0.6) is 0 Å². The number of carboxylic acid groups (broad SMARTS) is 1. The van der Waals surface area contributed by atoms with E-state index in [1.54, 1.807) is 42.5 Å². The summed E-state index contributed by atoms with van der Waals surface area (Å²) in [6, 6.07) is 10.9. The second-order valence-corrected chi connectivity index (χ2v) is 5.84. The summed E-state index contributed by atoms with van der Waals surface area (Å²) < 4.78 is 0. The van der Waals surface area contributed by atoms with Gasteiger partial charge in [-0.15, -0.1) is 11.3 Å². The van der Waals surface area contributed by atoms with Gasteiger partial charge >= 0.3 is 5.97 Å². The van der Waals surface area contributed by atoms with E-state index in [1.807, 2.05) is 17.5 Å². The highest BCUT2D eigenvalue weighted by Gasteiger charge is 2.13. The molecule has 2 aromatic rings. The third kappa shape index (κ3) is 4.43. The summed E-state index contributed by atoms with van der Waals surface area (Å²) >= 11 is 1.64. The molecule has 1 heterocycles. The molecule has 0 aliphatic rings. The molecule has 0 aliphatic carbocycles. The molecule has 0 fully saturated rings. The summed E-state index contributed by atoms with van der Waals surface area (Å²) in [5, 5.41) is 13.8. The van der Waals surface area contributed by atoms with E-state index in [1.165, 1.54) is 4.88 Å². The van der Waals surface area contributed by atoms with Crippen LogP contribution in [0.1, 0.15) is 29.7 Å². The summed E-state index contributed by atoms with van der Waals surface area (Å²) in [6.45, 7) is 1.64. The maximum absolute atomic E-state index is 11.8. The number of amides is 1. The normalized spacial score (nSPS) is 11.9. The van der Waals surface area contributed by atoms with Gasteiger partial charge in [-0.05, 0) is 42.5 Å². The lowest BCUT2D eigenvalue weighted by atomic mass is 10.0. The highest BCUT2D eigenvalue weighted by Crippen LogP contribution is 2.18. The van der Waals surface area contributed by atoms with Crippen LogP contribution in [-0.4, -0.2) is 17.0 Å². The molecule has 0 spiro atoms. The van der Waals surface area contributed by atoms with Gasteiger partial charge in [-0.1, -0.05) is 18.2 Å². The monoisotopic (exact) mass is 303 g/mol. The molecule has 2 rings (SSSR count). The number of carboxylic acids is 1. The summed E-state index contributed by atoms with van der Waals surface area (Å²) in [7, 11) is 0. The molecule has 110 valence electrons. The Labute approximate surface area is 127 Å². The van der Waals surface area contributed by atoms with Crippen molar-refractivity contribution < 1.29 is 14.7 Å². The zero-order valence-corrected chi connectivity index (χ0v) is 12.5. The first kappa shape index (κ1) is 15.3. The number of anilines is 1. The number of nitrogens with one attached hydrogen (secondary N) is 1. The van der Waals surface area contributed by atoms with Crippen molar-refractivity contribution in [2.24, 2.45) is 0 Å². The minimum absolute atomic E-state index is 0.0394. The minimum atomic E-state index is -0.859. The summed E-state index contributed by atoms with van der Waals surface area (Å²) in [5.41, 5.74) is 1.41. The third-order valence-electron chi connectivity index (χ3n) is 3.24. The van der Waals surface area contributed by atoms with Crippen LogP contribution in [-0.2, 0) is 16.0 Å². The van der Waals surface area contributed by atoms with Gasteiger partial charge in [-0.2, -0.15) is 0 Å². The smallest absolute Gasteiger partial charge is 0.310 e. The van der Waals surface area contributed by atoms with E-state index in [9.17, 15) is 9.59 Å². The number of carbonyl (C=O) groups is 2. The van der Waals surface area contributed by atoms with E-state index in [2.05, 4.69) is 5.32 Å². The van der Waals surface area contributed by atoms with Gasteiger partial charge in [-0.25, -0.2) is 0 Å². The van der Waals surface area contributed by atoms with Crippen molar-refractivity contribution in [1.82, 2.24) is 0 Å². The Bertz CT molecular complexity index is 605. The van der Waals surface area contributed by atoms with Gasteiger partial charge in [0.1, 0.15) is 0 Å². The number of aliphatic carboxylic acids is 1. The SMILES string of the molecule is CC(C(=O)O)c1ccc(NC(=O)CCc2cccs2)cc1. The predicted molar refractivity (Wildman–Crippen MR) is 83.8 cm³/mol. The second kappa shape index (κ2) is 7.04. The Morgan fingerprint density at radius 2 is 1.95 bits per heavy atom. The lowest BCUT2D eigenvalue weighted by Gasteiger charge is -2.09. The van der Waals surface area contributed by atoms with E-state index in [0.29, 0.717) is 12.1 Å². The molecule has 0 radical (unpaired) electrons. The van der Waals surface area contributed by atoms with Crippen LogP contribution >= 0.6 is 11.3 Å². The van der Waals surface area contributed by atoms with Crippen molar-refractivity contribution in [2.45, 2.75) is 25.7 Å². The van der Waals surface area contributed by atoms with Crippen LogP contribution in [0.15, 0.2) is 41.8 Å². The lowest BCUT2D eigenvalue weighted by molar-refractivity contribution is -0.138. The lowest BCUT2D eigenvalue weighted by Crippen LogP contribution is -2.12. The van der Waals surface area contributed by atoms with E-state index >= 15 is 0 Å². The molecule has 0 bridgehead atoms. The molecule has 2 N–H and O–H groups in total. The van der Waals surface area contributed by atoms with E-state index in [4.69, 9.17) is 5.11 Å². The molecule has 4 nitrogen and oxygen atoms in total. The Morgan fingerprint density at radius 1 is 1.24 bits per heavy atom. The van der Waals surface area contributed by atoms with E-state index in [0.717, 1.165) is 12.0 Å². The molecule has 0 saturated carbocycles. The quantitative estimate of drug-likeness (QED) is 0.858. The molecule has 0 aliphatic heterocycles. The van der Waals surface area contributed by atoms with Gasteiger partial charge in [-0.3, -0.25) is 9.59 Å². The predicted octanol–water partition coefficient (Wildman–Crippen LogP) is 3.51. The fraction of sp³-hybridized carbons (Fsp3) is 0.250. The number of hydrogen-bond donors (Lipinski definition) is 2. The van der Waals surface area contributed by atoms with Gasteiger partial charge in [0.2, 0.25) is 5.91 Å². The zero-order valence-electron chi connectivity index (χ0n) is 11.7. The number of benzene rings is 1. The standard InChI is InChI=1S/C16H17NO3S/c1-11(16(19)20)12-4-6-13(7-5-12)17-15(18)9-8-14-3-2-10-21-14/h2-7,10-11H,8-9H2,1H3,(H,17,18)(H,19,20). The summed E-state index contributed by atoms with van der Waals surface area (Å²) in [5.74, 6) is -1.45. The molecule has 1 aromatic heterocycles. The van der Waals surface area contributed by atoms with E-state index in [-0.39, 0.29) is 5.91 Å². The number of thiophene rings is 1. The van der Waals surface area contributed by atoms with Crippen LogP contribution in [0.4, 0.5) is 5.69 Å². The van der Waals surface area contributed by atoms with Gasteiger partial charge < -0.3 is 10.4 Å². The van der Waals surface area contributed by atoms with Gasteiger partial charge in [0, 0.05) is 17.0 Å². The second-order valence-electron chi connectivity index (χ2n) is 4.81. The topological polar surface area (TPSA) is 66.4 Å². The molecular formula is C16H17NO3S. The van der Waals surface area contributed by atoms with Crippen LogP contribution in [0.25, 0.3) is 0 Å². The van der Waals surface area contributed by atoms with Crippen molar-refractivity contribution in [3.63, 3.8) is 0 Å². The summed E-state index contributed by atoms with van der Waals surface area (Å²) in [4.78, 5) is 23.9. The average Bonchev–Trinajstić information content (AvgIpc) is 2.98. The molecular weight excluding hydrogens is 286 g/mol. The van der Waals surface area contributed by atoms with E-state index < -0.39 is 11.9 Å². The third-order valence-corrected chi connectivity index (χ3v) is 4.18. The minimum Gasteiger partial charge on any atom is -0.481 e. The fourth-order valence-electron chi connectivity index (χ4n) is 1.91. The Hall–Kier alpha value is -2.14. The van der Waals surface area contributed by atoms with Gasteiger partial charge in [0.25, 0.3) is 0 Å². The van der Waals surface area contributed by atoms with Crippen LogP contribution in [0.3, 0.4) is 0 Å². The Kier molecular flexibility index (Phi) is 5.11. The molecule has 1 unspecified atom stereocenters. The molecule has 1 atom stereocenters. The van der Waals surface area contributed by atoms with Crippen LogP contribution < -0.4 is 5.32 Å². The zero-order chi connectivity index (χ0) is 15.2. The maximum Gasteiger partial charge on any atom is 0.310 e. The largest absolute Gasteiger partial charge is 0.481 e. The Balaban J connectivity index is 1.88. The highest BCUT2D eigenvalue weighted by atomic mass is 32.1. The van der Waals surface area contributed by atoms with Crippen molar-refractivity contribution in [1.29, 1.82) is 0 Å². The van der Waals surface area contributed by atoms with Crippen LogP contribution in [0, 0.1) is 0 Å². The van der Waals surface area contributed by atoms with Crippen molar-refractivity contribution in [2.75, 3.05) is 5.32 Å². The molecule has 1 aromatic carbocycles. The molecule has 0 saturated heterocycles. The van der Waals surface area contributed by atoms with Crippen molar-refractivity contribution >= 4 is 28.9 Å². The number of hydrogen-bond acceptors (Lipinski definition) is 3. The fourth-order valence-corrected chi connectivity index (χ4v) is 2.62. The summed E-state index contributed by atoms with van der Waals surface area (Å²) in [6.07, 6.45) is 1.17. The number of rotatable bonds is 6. The van der Waals surface area contributed by atoms with Crippen molar-refractivity contribution in [3.05, 3.63) is 52.2 Å². The first-order valence-electron chi connectivity index (χ1n) is 6.71. The van der Waals surface area contributed by atoms with Crippen LogP contribution in [0.2, 0.25) is 0 Å². The number of carbonyl (C=O) groups excluding carboxylic acids is 1. The molecule has 21 heavy (non-hydrogen) atoms. The van der Waals surface area contributed by atoms with Gasteiger partial charge in [0.05, 0.1) is 5.92 Å². The Morgan fingerprint density at radius 3 is 2.52 bits per heavy atom.